The Labute approximate surface area is 94.5 Å². The van der Waals surface area contributed by atoms with Crippen LogP contribution in [-0.2, 0) is 0 Å². The minimum atomic E-state index is -0.0539. The number of aromatic hydroxyl groups is 1. The van der Waals surface area contributed by atoms with Gasteiger partial charge in [0.25, 0.3) is 0 Å². The topological polar surface area (TPSA) is 58.3 Å². The number of hydrazine groups is 1. The van der Waals surface area contributed by atoms with Crippen molar-refractivity contribution in [3.63, 3.8) is 0 Å². The quantitative estimate of drug-likeness (QED) is 0.540. The van der Waals surface area contributed by atoms with Crippen LogP contribution in [0.25, 0.3) is 0 Å². The van der Waals surface area contributed by atoms with Gasteiger partial charge in [-0.1, -0.05) is 42.5 Å². The summed E-state index contributed by atoms with van der Waals surface area (Å²) in [5.74, 6) is 5.82. The molecule has 16 heavy (non-hydrogen) atoms. The van der Waals surface area contributed by atoms with E-state index >= 15 is 0 Å². The molecule has 0 fully saturated rings. The van der Waals surface area contributed by atoms with Crippen molar-refractivity contribution in [3.05, 3.63) is 65.7 Å². The zero-order valence-electron chi connectivity index (χ0n) is 8.80. The van der Waals surface area contributed by atoms with Gasteiger partial charge in [-0.3, -0.25) is 5.84 Å². The van der Waals surface area contributed by atoms with Crippen molar-refractivity contribution in [2.24, 2.45) is 5.84 Å². The van der Waals surface area contributed by atoms with E-state index in [0.29, 0.717) is 0 Å². The third-order valence-corrected chi connectivity index (χ3v) is 2.53. The van der Waals surface area contributed by atoms with Crippen LogP contribution in [0, 0.1) is 0 Å². The Kier molecular flexibility index (Phi) is 3.19. The van der Waals surface area contributed by atoms with Crippen LogP contribution >= 0.6 is 0 Å². The van der Waals surface area contributed by atoms with Crippen molar-refractivity contribution in [2.75, 3.05) is 0 Å². The molecule has 2 aromatic carbocycles. The molecule has 0 heterocycles. The number of rotatable bonds is 3. The van der Waals surface area contributed by atoms with Crippen molar-refractivity contribution in [3.8, 4) is 5.75 Å². The fourth-order valence-corrected chi connectivity index (χ4v) is 1.70. The molecule has 0 aliphatic carbocycles. The predicted octanol–water partition coefficient (Wildman–Crippen LogP) is 1.94. The fourth-order valence-electron chi connectivity index (χ4n) is 1.70. The van der Waals surface area contributed by atoms with Gasteiger partial charge in [-0.25, -0.2) is 5.43 Å². The number of nitrogens with one attached hydrogen (secondary N) is 1. The predicted molar refractivity (Wildman–Crippen MR) is 63.7 cm³/mol. The first-order valence-electron chi connectivity index (χ1n) is 5.11. The Morgan fingerprint density at radius 3 is 2.00 bits per heavy atom. The summed E-state index contributed by atoms with van der Waals surface area (Å²) in [5, 5.41) is 9.23. The molecule has 82 valence electrons. The highest BCUT2D eigenvalue weighted by molar-refractivity contribution is 5.34. The number of hydrogen-bond acceptors (Lipinski definition) is 3. The minimum absolute atomic E-state index is 0.0539. The van der Waals surface area contributed by atoms with E-state index in [1.165, 1.54) is 0 Å². The number of nitrogens with two attached hydrogens (primary N) is 1. The van der Waals surface area contributed by atoms with Gasteiger partial charge in [-0.2, -0.15) is 0 Å². The lowest BCUT2D eigenvalue weighted by molar-refractivity contribution is 0.474. The molecule has 0 saturated heterocycles. The zero-order chi connectivity index (χ0) is 11.4. The van der Waals surface area contributed by atoms with E-state index in [1.807, 2.05) is 42.5 Å². The molecule has 3 heteroatoms. The maximum atomic E-state index is 9.23. The van der Waals surface area contributed by atoms with Crippen LogP contribution in [0.15, 0.2) is 54.6 Å². The van der Waals surface area contributed by atoms with Crippen molar-refractivity contribution < 1.29 is 5.11 Å². The van der Waals surface area contributed by atoms with E-state index in [9.17, 15) is 5.11 Å². The third-order valence-electron chi connectivity index (χ3n) is 2.53. The van der Waals surface area contributed by atoms with Crippen LogP contribution in [0.3, 0.4) is 0 Å². The molecule has 1 atom stereocenters. The first-order valence-corrected chi connectivity index (χ1v) is 5.11. The molecule has 0 saturated carbocycles. The molecule has 0 spiro atoms. The van der Waals surface area contributed by atoms with Gasteiger partial charge < -0.3 is 5.11 Å². The van der Waals surface area contributed by atoms with Crippen LogP contribution in [0.4, 0.5) is 0 Å². The molecule has 0 amide bonds. The van der Waals surface area contributed by atoms with Gasteiger partial charge in [0.2, 0.25) is 0 Å². The monoisotopic (exact) mass is 214 g/mol. The second kappa shape index (κ2) is 4.79. The SMILES string of the molecule is NN[C@H](c1ccccc1)c1ccc(O)cc1. The molecule has 0 unspecified atom stereocenters. The van der Waals surface area contributed by atoms with E-state index in [1.54, 1.807) is 12.1 Å². The first-order chi connectivity index (χ1) is 7.81. The van der Waals surface area contributed by atoms with E-state index in [2.05, 4.69) is 5.43 Å². The summed E-state index contributed by atoms with van der Waals surface area (Å²) in [7, 11) is 0. The average molecular weight is 214 g/mol. The Morgan fingerprint density at radius 1 is 0.875 bits per heavy atom. The summed E-state index contributed by atoms with van der Waals surface area (Å²) in [4.78, 5) is 0. The first kappa shape index (κ1) is 10.7. The van der Waals surface area contributed by atoms with Gasteiger partial charge in [-0.05, 0) is 23.3 Å². The summed E-state index contributed by atoms with van der Waals surface area (Å²) in [6, 6.07) is 16.9. The second-order valence-electron chi connectivity index (χ2n) is 3.60. The van der Waals surface area contributed by atoms with Gasteiger partial charge in [-0.15, -0.1) is 0 Å². The van der Waals surface area contributed by atoms with E-state index in [0.717, 1.165) is 11.1 Å². The largest absolute Gasteiger partial charge is 0.508 e. The van der Waals surface area contributed by atoms with Crippen LogP contribution < -0.4 is 11.3 Å². The molecule has 2 aromatic rings. The van der Waals surface area contributed by atoms with Crippen LogP contribution in [0.2, 0.25) is 0 Å². The van der Waals surface area contributed by atoms with Gasteiger partial charge in [0.1, 0.15) is 5.75 Å². The van der Waals surface area contributed by atoms with Crippen LogP contribution in [0.5, 0.6) is 5.75 Å². The van der Waals surface area contributed by atoms with Gasteiger partial charge in [0.15, 0.2) is 0 Å². The summed E-state index contributed by atoms with van der Waals surface area (Å²) < 4.78 is 0. The van der Waals surface area contributed by atoms with Gasteiger partial charge in [0.05, 0.1) is 6.04 Å². The molecule has 2 rings (SSSR count). The standard InChI is InChI=1S/C13H14N2O/c14-15-13(10-4-2-1-3-5-10)11-6-8-12(16)9-7-11/h1-9,13,15-16H,14H2/t13-/m1/s1. The molecular weight excluding hydrogens is 200 g/mol. The molecule has 0 aromatic heterocycles. The lowest BCUT2D eigenvalue weighted by Gasteiger charge is -2.16. The molecule has 0 radical (unpaired) electrons. The van der Waals surface area contributed by atoms with E-state index < -0.39 is 0 Å². The Balaban J connectivity index is 2.33. The summed E-state index contributed by atoms with van der Waals surface area (Å²) in [6.45, 7) is 0. The molecule has 0 aliphatic rings. The van der Waals surface area contributed by atoms with Crippen molar-refractivity contribution in [1.82, 2.24) is 5.43 Å². The third kappa shape index (κ3) is 2.21. The maximum absolute atomic E-state index is 9.23. The molecule has 0 bridgehead atoms. The normalized spacial score (nSPS) is 12.3. The van der Waals surface area contributed by atoms with Crippen molar-refractivity contribution >= 4 is 0 Å². The van der Waals surface area contributed by atoms with Gasteiger partial charge >= 0.3 is 0 Å². The zero-order valence-corrected chi connectivity index (χ0v) is 8.80. The fraction of sp³-hybridized carbons (Fsp3) is 0.0769. The maximum Gasteiger partial charge on any atom is 0.115 e. The average Bonchev–Trinajstić information content (AvgIpc) is 2.34. The Hall–Kier alpha value is -1.84. The number of phenols is 1. The molecule has 0 aliphatic heterocycles. The van der Waals surface area contributed by atoms with Crippen LogP contribution in [0.1, 0.15) is 17.2 Å². The van der Waals surface area contributed by atoms with Crippen molar-refractivity contribution in [2.45, 2.75) is 6.04 Å². The van der Waals surface area contributed by atoms with Crippen molar-refractivity contribution in [1.29, 1.82) is 0 Å². The highest BCUT2D eigenvalue weighted by atomic mass is 16.3. The Bertz CT molecular complexity index is 439. The van der Waals surface area contributed by atoms with Crippen LogP contribution in [-0.4, -0.2) is 5.11 Å². The summed E-state index contributed by atoms with van der Waals surface area (Å²) in [6.07, 6.45) is 0. The second-order valence-corrected chi connectivity index (χ2v) is 3.60. The lowest BCUT2D eigenvalue weighted by Crippen LogP contribution is -2.28. The number of hydrogen-bond donors (Lipinski definition) is 3. The van der Waals surface area contributed by atoms with Gasteiger partial charge in [0, 0.05) is 0 Å². The minimum Gasteiger partial charge on any atom is -0.508 e. The molecule has 4 N–H and O–H groups in total. The smallest absolute Gasteiger partial charge is 0.115 e. The summed E-state index contributed by atoms with van der Waals surface area (Å²) in [5.41, 5.74) is 4.89. The van der Waals surface area contributed by atoms with E-state index in [-0.39, 0.29) is 11.8 Å². The number of phenolic OH excluding ortho intramolecular Hbond substituents is 1. The lowest BCUT2D eigenvalue weighted by atomic mass is 9.99. The Morgan fingerprint density at radius 2 is 1.44 bits per heavy atom. The highest BCUT2D eigenvalue weighted by Gasteiger charge is 2.11. The molecular formula is C13H14N2O. The number of benzene rings is 2. The highest BCUT2D eigenvalue weighted by Crippen LogP contribution is 2.22. The summed E-state index contributed by atoms with van der Waals surface area (Å²) >= 11 is 0. The van der Waals surface area contributed by atoms with E-state index in [4.69, 9.17) is 5.84 Å². The molecule has 3 nitrogen and oxygen atoms in total.